The monoisotopic (exact) mass is 455 g/mol. The number of allylic oxidation sites excluding steroid dienone is 1. The number of carbonyl (C=O) groups is 2. The second-order valence-electron chi connectivity index (χ2n) is 6.05. The fraction of sp³-hybridized carbons (Fsp3) is 0.200. The third kappa shape index (κ3) is 7.15. The third-order valence-electron chi connectivity index (χ3n) is 3.91. The standard InChI is InChI=1S/C20H19F2NO7S/c1-29-18-12-13(3-9-17(18)30-20(21)22)2-8-16(24)14-4-6-15(7-5-14)31(27,28)23-11-10-19(25)26/h2-9,12,20,23H,10-11H2,1H3,(H,25,26)/b8-2+. The molecular formula is C20H19F2NO7S. The van der Waals surface area contributed by atoms with Crippen LogP contribution in [0.1, 0.15) is 22.3 Å². The van der Waals surface area contributed by atoms with Gasteiger partial charge in [0.25, 0.3) is 0 Å². The van der Waals surface area contributed by atoms with Crippen molar-refractivity contribution in [2.45, 2.75) is 17.9 Å². The van der Waals surface area contributed by atoms with Crippen molar-refractivity contribution in [2.75, 3.05) is 13.7 Å². The van der Waals surface area contributed by atoms with Gasteiger partial charge in [-0.05, 0) is 48.0 Å². The number of nitrogens with one attached hydrogen (secondary N) is 1. The molecule has 0 spiro atoms. The Bertz CT molecular complexity index is 1070. The van der Waals surface area contributed by atoms with Crippen molar-refractivity contribution >= 4 is 27.9 Å². The van der Waals surface area contributed by atoms with Crippen LogP contribution in [0.2, 0.25) is 0 Å². The van der Waals surface area contributed by atoms with Crippen molar-refractivity contribution < 1.29 is 41.4 Å². The molecule has 0 heterocycles. The number of hydrogen-bond acceptors (Lipinski definition) is 6. The number of halogens is 2. The van der Waals surface area contributed by atoms with E-state index in [4.69, 9.17) is 9.84 Å². The number of aliphatic carboxylic acids is 1. The summed E-state index contributed by atoms with van der Waals surface area (Å²) in [7, 11) is -2.61. The van der Waals surface area contributed by atoms with Crippen LogP contribution in [0.4, 0.5) is 8.78 Å². The summed E-state index contributed by atoms with van der Waals surface area (Å²) in [5.41, 5.74) is 0.707. The van der Waals surface area contributed by atoms with E-state index < -0.39 is 28.4 Å². The van der Waals surface area contributed by atoms with Crippen LogP contribution in [0.5, 0.6) is 11.5 Å². The van der Waals surface area contributed by atoms with Crippen LogP contribution in [0.3, 0.4) is 0 Å². The van der Waals surface area contributed by atoms with Gasteiger partial charge < -0.3 is 14.6 Å². The van der Waals surface area contributed by atoms with Gasteiger partial charge in [0.2, 0.25) is 10.0 Å². The van der Waals surface area contributed by atoms with Crippen LogP contribution in [0.15, 0.2) is 53.4 Å². The number of ether oxygens (including phenoxy) is 2. The lowest BCUT2D eigenvalue weighted by Gasteiger charge is -2.10. The van der Waals surface area contributed by atoms with Crippen LogP contribution >= 0.6 is 0 Å². The predicted octanol–water partition coefficient (Wildman–Crippen LogP) is 2.95. The van der Waals surface area contributed by atoms with Crippen molar-refractivity contribution in [2.24, 2.45) is 0 Å². The molecule has 0 aliphatic rings. The number of rotatable bonds is 11. The summed E-state index contributed by atoms with van der Waals surface area (Å²) in [5, 5.41) is 8.57. The van der Waals surface area contributed by atoms with Crippen molar-refractivity contribution in [3.63, 3.8) is 0 Å². The molecule has 0 bridgehead atoms. The number of hydrogen-bond donors (Lipinski definition) is 2. The van der Waals surface area contributed by atoms with Crippen molar-refractivity contribution in [1.29, 1.82) is 0 Å². The highest BCUT2D eigenvalue weighted by Crippen LogP contribution is 2.29. The van der Waals surface area contributed by atoms with E-state index in [0.717, 1.165) is 0 Å². The van der Waals surface area contributed by atoms with E-state index >= 15 is 0 Å². The highest BCUT2D eigenvalue weighted by molar-refractivity contribution is 7.89. The maximum absolute atomic E-state index is 12.4. The number of sulfonamides is 1. The minimum atomic E-state index is -3.90. The molecule has 0 amide bonds. The largest absolute Gasteiger partial charge is 0.493 e. The molecule has 2 rings (SSSR count). The second kappa shape index (κ2) is 10.6. The van der Waals surface area contributed by atoms with E-state index in [2.05, 4.69) is 9.46 Å². The zero-order valence-electron chi connectivity index (χ0n) is 16.2. The first-order valence-electron chi connectivity index (χ1n) is 8.79. The molecule has 0 fully saturated rings. The molecule has 0 aliphatic carbocycles. The normalized spacial score (nSPS) is 11.6. The molecule has 11 heteroatoms. The number of carboxylic acid groups (broad SMARTS) is 1. The lowest BCUT2D eigenvalue weighted by Crippen LogP contribution is -2.26. The van der Waals surface area contributed by atoms with Crippen molar-refractivity contribution in [3.05, 3.63) is 59.7 Å². The van der Waals surface area contributed by atoms with Gasteiger partial charge in [0.1, 0.15) is 0 Å². The Morgan fingerprint density at radius 2 is 1.81 bits per heavy atom. The number of carbonyl (C=O) groups excluding carboxylic acids is 1. The molecule has 0 unspecified atom stereocenters. The Labute approximate surface area is 177 Å². The van der Waals surface area contributed by atoms with Crippen molar-refractivity contribution in [3.8, 4) is 11.5 Å². The molecule has 0 saturated carbocycles. The zero-order chi connectivity index (χ0) is 23.0. The Hall–Kier alpha value is -3.31. The number of benzene rings is 2. The number of alkyl halides is 2. The number of ketones is 1. The first kappa shape index (κ1) is 24.0. The molecule has 166 valence electrons. The molecule has 0 saturated heterocycles. The fourth-order valence-corrected chi connectivity index (χ4v) is 3.46. The van der Waals surface area contributed by atoms with Gasteiger partial charge in [-0.25, -0.2) is 13.1 Å². The predicted molar refractivity (Wildman–Crippen MR) is 107 cm³/mol. The van der Waals surface area contributed by atoms with Gasteiger partial charge >= 0.3 is 12.6 Å². The zero-order valence-corrected chi connectivity index (χ0v) is 17.1. The van der Waals surface area contributed by atoms with E-state index in [-0.39, 0.29) is 34.9 Å². The minimum Gasteiger partial charge on any atom is -0.493 e. The van der Waals surface area contributed by atoms with Crippen molar-refractivity contribution in [1.82, 2.24) is 4.72 Å². The summed E-state index contributed by atoms with van der Waals surface area (Å²) >= 11 is 0. The minimum absolute atomic E-state index is 0.0693. The van der Waals surface area contributed by atoms with Gasteiger partial charge in [-0.1, -0.05) is 12.1 Å². The summed E-state index contributed by atoms with van der Waals surface area (Å²) in [5.74, 6) is -1.63. The first-order valence-corrected chi connectivity index (χ1v) is 10.3. The average molecular weight is 455 g/mol. The fourth-order valence-electron chi connectivity index (χ4n) is 2.42. The maximum atomic E-state index is 12.4. The molecule has 0 radical (unpaired) electrons. The van der Waals surface area contributed by atoms with E-state index in [1.165, 1.54) is 61.7 Å². The van der Waals surface area contributed by atoms with Gasteiger partial charge in [-0.2, -0.15) is 8.78 Å². The summed E-state index contributed by atoms with van der Waals surface area (Å²) in [6, 6.07) is 9.25. The quantitative estimate of drug-likeness (QED) is 0.395. The molecule has 2 aromatic carbocycles. The van der Waals surface area contributed by atoms with Gasteiger partial charge in [0.05, 0.1) is 18.4 Å². The highest BCUT2D eigenvalue weighted by atomic mass is 32.2. The lowest BCUT2D eigenvalue weighted by atomic mass is 10.1. The Morgan fingerprint density at radius 1 is 1.13 bits per heavy atom. The molecule has 0 aromatic heterocycles. The second-order valence-corrected chi connectivity index (χ2v) is 7.82. The Morgan fingerprint density at radius 3 is 2.39 bits per heavy atom. The molecule has 2 N–H and O–H groups in total. The van der Waals surface area contributed by atoms with E-state index in [9.17, 15) is 26.8 Å². The van der Waals surface area contributed by atoms with Crippen LogP contribution in [0.25, 0.3) is 6.08 Å². The smallest absolute Gasteiger partial charge is 0.387 e. The third-order valence-corrected chi connectivity index (χ3v) is 5.39. The van der Waals surface area contributed by atoms with Gasteiger partial charge in [-0.15, -0.1) is 0 Å². The molecule has 8 nitrogen and oxygen atoms in total. The van der Waals surface area contributed by atoms with E-state index in [1.807, 2.05) is 0 Å². The van der Waals surface area contributed by atoms with Gasteiger partial charge in [-0.3, -0.25) is 9.59 Å². The molecule has 0 atom stereocenters. The van der Waals surface area contributed by atoms with Crippen LogP contribution in [-0.4, -0.2) is 45.5 Å². The molecule has 0 aliphatic heterocycles. The average Bonchev–Trinajstić information content (AvgIpc) is 2.72. The van der Waals surface area contributed by atoms with E-state index in [1.54, 1.807) is 0 Å². The van der Waals surface area contributed by atoms with Crippen LogP contribution in [0, 0.1) is 0 Å². The lowest BCUT2D eigenvalue weighted by molar-refractivity contribution is -0.136. The maximum Gasteiger partial charge on any atom is 0.387 e. The summed E-state index contributed by atoms with van der Waals surface area (Å²) in [6.45, 7) is -3.26. The molecular weight excluding hydrogens is 436 g/mol. The Balaban J connectivity index is 2.09. The number of carboxylic acids is 1. The summed E-state index contributed by atoms with van der Waals surface area (Å²) in [6.07, 6.45) is 2.31. The number of methoxy groups -OCH3 is 1. The van der Waals surface area contributed by atoms with Crippen LogP contribution < -0.4 is 14.2 Å². The topological polar surface area (TPSA) is 119 Å². The van der Waals surface area contributed by atoms with Gasteiger partial charge in [0, 0.05) is 12.1 Å². The summed E-state index contributed by atoms with van der Waals surface area (Å²) in [4.78, 5) is 22.7. The Kier molecular flexibility index (Phi) is 8.22. The van der Waals surface area contributed by atoms with Crippen LogP contribution in [-0.2, 0) is 14.8 Å². The SMILES string of the molecule is COc1cc(/C=C/C(=O)c2ccc(S(=O)(=O)NCCC(=O)O)cc2)ccc1OC(F)F. The van der Waals surface area contributed by atoms with Gasteiger partial charge in [0.15, 0.2) is 17.3 Å². The summed E-state index contributed by atoms with van der Waals surface area (Å²) < 4.78 is 60.4. The van der Waals surface area contributed by atoms with E-state index in [0.29, 0.717) is 5.56 Å². The first-order chi connectivity index (χ1) is 14.6. The molecule has 2 aromatic rings. The highest BCUT2D eigenvalue weighted by Gasteiger charge is 2.15. The molecule has 31 heavy (non-hydrogen) atoms.